The monoisotopic (exact) mass is 341 g/mol. The Kier molecular flexibility index (Phi) is 10.1. The molecule has 0 aliphatic rings. The highest BCUT2D eigenvalue weighted by Crippen LogP contribution is 2.18. The third kappa shape index (κ3) is 9.39. The molecule has 0 unspecified atom stereocenters. The average Bonchev–Trinajstić information content (AvgIpc) is 2.35. The average molecular weight is 342 g/mol. The van der Waals surface area contributed by atoms with Gasteiger partial charge in [0.05, 0.1) is 0 Å². The minimum atomic E-state index is 0.261. The van der Waals surface area contributed by atoms with Gasteiger partial charge in [-0.25, -0.2) is 0 Å². The van der Waals surface area contributed by atoms with Crippen LogP contribution in [0, 0.1) is 0 Å². The van der Waals surface area contributed by atoms with Crippen molar-refractivity contribution in [3.8, 4) is 0 Å². The molecule has 0 aliphatic heterocycles. The van der Waals surface area contributed by atoms with Crippen molar-refractivity contribution in [1.82, 2.24) is 14.7 Å². The Morgan fingerprint density at radius 1 is 0.583 bits per heavy atom. The van der Waals surface area contributed by atoms with Crippen LogP contribution >= 0.6 is 0 Å². The highest BCUT2D eigenvalue weighted by atomic mass is 15.2. The maximum Gasteiger partial charge on any atom is 0.0127 e. The van der Waals surface area contributed by atoms with Crippen LogP contribution in [0.5, 0.6) is 0 Å². The van der Waals surface area contributed by atoms with Crippen molar-refractivity contribution in [3.05, 3.63) is 0 Å². The van der Waals surface area contributed by atoms with Crippen molar-refractivity contribution in [2.75, 3.05) is 33.2 Å². The Bertz CT molecular complexity index is 291. The zero-order valence-electron chi connectivity index (χ0n) is 18.7. The molecule has 0 aromatic rings. The van der Waals surface area contributed by atoms with E-state index >= 15 is 0 Å². The zero-order valence-corrected chi connectivity index (χ0v) is 18.7. The van der Waals surface area contributed by atoms with Crippen LogP contribution in [-0.4, -0.2) is 71.1 Å². The molecule has 0 aromatic heterocycles. The van der Waals surface area contributed by atoms with Gasteiger partial charge in [-0.05, 0) is 102 Å². The second-order valence-corrected chi connectivity index (χ2v) is 9.93. The molecule has 0 radical (unpaired) electrons. The summed E-state index contributed by atoms with van der Waals surface area (Å²) < 4.78 is 0. The highest BCUT2D eigenvalue weighted by molar-refractivity contribution is 4.80. The van der Waals surface area contributed by atoms with E-state index in [9.17, 15) is 0 Å². The Labute approximate surface area is 153 Å². The first-order valence-electron chi connectivity index (χ1n) is 9.99. The molecule has 0 saturated carbocycles. The second-order valence-electron chi connectivity index (χ2n) is 9.93. The van der Waals surface area contributed by atoms with Crippen molar-refractivity contribution < 1.29 is 0 Å². The van der Waals surface area contributed by atoms with Crippen molar-refractivity contribution in [2.45, 2.75) is 105 Å². The molecule has 24 heavy (non-hydrogen) atoms. The molecule has 0 spiro atoms. The summed E-state index contributed by atoms with van der Waals surface area (Å²) in [5.41, 5.74) is 0.522. The van der Waals surface area contributed by atoms with Gasteiger partial charge in [-0.1, -0.05) is 0 Å². The fourth-order valence-electron chi connectivity index (χ4n) is 3.87. The second kappa shape index (κ2) is 10.1. The molecule has 0 aliphatic carbocycles. The van der Waals surface area contributed by atoms with Crippen LogP contribution in [0.3, 0.4) is 0 Å². The summed E-state index contributed by atoms with van der Waals surface area (Å²) in [5, 5.41) is 0. The van der Waals surface area contributed by atoms with Gasteiger partial charge < -0.3 is 4.90 Å². The minimum Gasteiger partial charge on any atom is -0.306 e. The SMILES string of the molecule is CC(C)N(CCCN(C)CCCN(C(C)C)C(C)(C)C)C(C)(C)C. The summed E-state index contributed by atoms with van der Waals surface area (Å²) in [7, 11) is 2.27. The number of hydrogen-bond acceptors (Lipinski definition) is 3. The summed E-state index contributed by atoms with van der Waals surface area (Å²) in [5.74, 6) is 0. The van der Waals surface area contributed by atoms with Gasteiger partial charge in [0.25, 0.3) is 0 Å². The van der Waals surface area contributed by atoms with E-state index in [0.29, 0.717) is 12.1 Å². The van der Waals surface area contributed by atoms with Crippen LogP contribution in [0.25, 0.3) is 0 Å². The molecule has 0 fully saturated rings. The summed E-state index contributed by atoms with van der Waals surface area (Å²) in [6, 6.07) is 1.23. The minimum absolute atomic E-state index is 0.261. The van der Waals surface area contributed by atoms with Crippen molar-refractivity contribution in [3.63, 3.8) is 0 Å². The molecular formula is C21H47N3. The van der Waals surface area contributed by atoms with E-state index in [1.54, 1.807) is 0 Å². The van der Waals surface area contributed by atoms with Gasteiger partial charge in [-0.15, -0.1) is 0 Å². The molecule has 0 saturated heterocycles. The Balaban J connectivity index is 4.17. The molecular weight excluding hydrogens is 294 g/mol. The largest absolute Gasteiger partial charge is 0.306 e. The fourth-order valence-corrected chi connectivity index (χ4v) is 3.87. The lowest BCUT2D eigenvalue weighted by atomic mass is 10.0. The molecule has 3 nitrogen and oxygen atoms in total. The van der Waals surface area contributed by atoms with Crippen molar-refractivity contribution in [2.24, 2.45) is 0 Å². The normalized spacial score (nSPS) is 14.0. The predicted octanol–water partition coefficient (Wildman–Crippen LogP) is 4.72. The first-order valence-corrected chi connectivity index (χ1v) is 9.99. The molecule has 0 aromatic carbocycles. The van der Waals surface area contributed by atoms with Crippen LogP contribution in [0.1, 0.15) is 82.1 Å². The molecule has 0 N–H and O–H groups in total. The standard InChI is InChI=1S/C21H47N3/c1-18(2)23(20(5,6)7)16-12-14-22(11)15-13-17-24(19(3)4)21(8,9)10/h18-19H,12-17H2,1-11H3. The van der Waals surface area contributed by atoms with E-state index < -0.39 is 0 Å². The summed E-state index contributed by atoms with van der Waals surface area (Å²) in [4.78, 5) is 7.73. The molecule has 0 rings (SSSR count). The van der Waals surface area contributed by atoms with Gasteiger partial charge in [0.15, 0.2) is 0 Å². The first-order chi connectivity index (χ1) is 10.8. The lowest BCUT2D eigenvalue weighted by molar-refractivity contribution is 0.0878. The van der Waals surface area contributed by atoms with Crippen LogP contribution in [-0.2, 0) is 0 Å². The van der Waals surface area contributed by atoms with Gasteiger partial charge in [0.2, 0.25) is 0 Å². The first kappa shape index (κ1) is 23.9. The zero-order chi connectivity index (χ0) is 19.1. The Morgan fingerprint density at radius 2 is 0.875 bits per heavy atom. The molecule has 0 heterocycles. The van der Waals surface area contributed by atoms with Gasteiger partial charge in [0.1, 0.15) is 0 Å². The lowest BCUT2D eigenvalue weighted by Gasteiger charge is -2.40. The Morgan fingerprint density at radius 3 is 1.08 bits per heavy atom. The maximum absolute atomic E-state index is 2.61. The van der Waals surface area contributed by atoms with Crippen LogP contribution in [0.2, 0.25) is 0 Å². The summed E-state index contributed by atoms with van der Waals surface area (Å²) >= 11 is 0. The van der Waals surface area contributed by atoms with Crippen LogP contribution in [0.4, 0.5) is 0 Å². The van der Waals surface area contributed by atoms with Gasteiger partial charge in [-0.2, -0.15) is 0 Å². The molecule has 3 heteroatoms. The molecule has 0 bridgehead atoms. The van der Waals surface area contributed by atoms with Crippen LogP contribution in [0.15, 0.2) is 0 Å². The number of hydrogen-bond donors (Lipinski definition) is 0. The Hall–Kier alpha value is -0.120. The molecule has 146 valence electrons. The van der Waals surface area contributed by atoms with Gasteiger partial charge in [-0.3, -0.25) is 9.80 Å². The number of rotatable bonds is 10. The highest BCUT2D eigenvalue weighted by Gasteiger charge is 2.24. The van der Waals surface area contributed by atoms with E-state index in [0.717, 1.165) is 0 Å². The summed E-state index contributed by atoms with van der Waals surface area (Å²) in [6.45, 7) is 27.9. The van der Waals surface area contributed by atoms with Crippen LogP contribution < -0.4 is 0 Å². The van der Waals surface area contributed by atoms with Gasteiger partial charge in [0, 0.05) is 36.3 Å². The third-order valence-corrected chi connectivity index (χ3v) is 4.85. The molecule has 0 atom stereocenters. The maximum atomic E-state index is 2.61. The fraction of sp³-hybridized carbons (Fsp3) is 1.00. The van der Waals surface area contributed by atoms with E-state index in [4.69, 9.17) is 0 Å². The number of nitrogens with zero attached hydrogens (tertiary/aromatic N) is 3. The topological polar surface area (TPSA) is 9.72 Å². The van der Waals surface area contributed by atoms with E-state index in [1.165, 1.54) is 39.0 Å². The molecule has 0 amide bonds. The lowest BCUT2D eigenvalue weighted by Crippen LogP contribution is -2.47. The van der Waals surface area contributed by atoms with E-state index in [1.807, 2.05) is 0 Å². The van der Waals surface area contributed by atoms with E-state index in [2.05, 4.69) is 91.0 Å². The van der Waals surface area contributed by atoms with Crippen molar-refractivity contribution in [1.29, 1.82) is 0 Å². The van der Waals surface area contributed by atoms with Crippen molar-refractivity contribution >= 4 is 0 Å². The quantitative estimate of drug-likeness (QED) is 0.569. The smallest absolute Gasteiger partial charge is 0.0127 e. The van der Waals surface area contributed by atoms with E-state index in [-0.39, 0.29) is 11.1 Å². The third-order valence-electron chi connectivity index (χ3n) is 4.85. The van der Waals surface area contributed by atoms with Gasteiger partial charge >= 0.3 is 0 Å². The summed E-state index contributed by atoms with van der Waals surface area (Å²) in [6.07, 6.45) is 2.50. The predicted molar refractivity (Wildman–Crippen MR) is 110 cm³/mol.